The van der Waals surface area contributed by atoms with Crippen LogP contribution in [0.4, 0.5) is 0 Å². The molecule has 2 heterocycles. The number of amides is 2. The number of nitrogens with two attached hydrogens (primary N) is 1. The van der Waals surface area contributed by atoms with Gasteiger partial charge in [-0.2, -0.15) is 5.10 Å². The fourth-order valence-electron chi connectivity index (χ4n) is 3.43. The Morgan fingerprint density at radius 3 is 2.86 bits per heavy atom. The fraction of sp³-hybridized carbons (Fsp3) is 0.450. The molecule has 0 saturated carbocycles. The van der Waals surface area contributed by atoms with Crippen LogP contribution in [0.5, 0.6) is 5.75 Å². The molecule has 29 heavy (non-hydrogen) atoms. The predicted octanol–water partition coefficient (Wildman–Crippen LogP) is 1.54. The van der Waals surface area contributed by atoms with Crippen molar-refractivity contribution in [3.63, 3.8) is 0 Å². The van der Waals surface area contributed by atoms with E-state index >= 15 is 0 Å². The van der Waals surface area contributed by atoms with Crippen LogP contribution in [0.15, 0.2) is 30.5 Å². The second-order valence-electron chi connectivity index (χ2n) is 6.99. The molecule has 2 amide bonds. The number of carbonyl (C=O) groups excluding carboxylic acids is 2. The lowest BCUT2D eigenvalue weighted by Gasteiger charge is -2.31. The van der Waals surface area contributed by atoms with E-state index in [1.165, 1.54) is 0 Å². The maximum atomic E-state index is 12.9. The number of hydrogen-bond acceptors (Lipinski definition) is 5. The van der Waals surface area contributed by atoms with Crippen molar-refractivity contribution in [1.82, 2.24) is 20.0 Å². The molecule has 1 aliphatic rings. The Morgan fingerprint density at radius 1 is 1.34 bits per heavy atom. The summed E-state index contributed by atoms with van der Waals surface area (Å²) in [7, 11) is 1.60. The van der Waals surface area contributed by atoms with Gasteiger partial charge in [-0.15, -0.1) is 12.4 Å². The lowest BCUT2D eigenvalue weighted by molar-refractivity contribution is -0.126. The zero-order valence-electron chi connectivity index (χ0n) is 16.8. The Morgan fingerprint density at radius 2 is 2.14 bits per heavy atom. The van der Waals surface area contributed by atoms with Crippen molar-refractivity contribution in [2.24, 2.45) is 11.7 Å². The molecule has 1 unspecified atom stereocenters. The highest BCUT2D eigenvalue weighted by atomic mass is 35.5. The maximum absolute atomic E-state index is 12.9. The van der Waals surface area contributed by atoms with Gasteiger partial charge in [-0.1, -0.05) is 6.07 Å². The summed E-state index contributed by atoms with van der Waals surface area (Å²) in [5.74, 6) is 0.269. The molecular formula is C20H28ClN5O3. The first kappa shape index (κ1) is 22.7. The molecule has 1 aliphatic heterocycles. The molecular weight excluding hydrogens is 394 g/mol. The monoisotopic (exact) mass is 421 g/mol. The summed E-state index contributed by atoms with van der Waals surface area (Å²) in [4.78, 5) is 26.8. The van der Waals surface area contributed by atoms with Crippen molar-refractivity contribution in [3.8, 4) is 11.4 Å². The van der Waals surface area contributed by atoms with Crippen molar-refractivity contribution < 1.29 is 14.3 Å². The number of methoxy groups -OCH3 is 1. The molecule has 0 aliphatic carbocycles. The largest absolute Gasteiger partial charge is 0.494 e. The number of likely N-dealkylation sites (tertiary alicyclic amines) is 1. The second-order valence-corrected chi connectivity index (χ2v) is 6.99. The number of piperidine rings is 1. The van der Waals surface area contributed by atoms with Gasteiger partial charge in [0.2, 0.25) is 5.91 Å². The van der Waals surface area contributed by atoms with E-state index in [0.717, 1.165) is 24.1 Å². The first-order chi connectivity index (χ1) is 13.5. The number of benzene rings is 1. The van der Waals surface area contributed by atoms with E-state index < -0.39 is 0 Å². The Hall–Kier alpha value is -2.58. The van der Waals surface area contributed by atoms with Crippen LogP contribution in [0.3, 0.4) is 0 Å². The molecule has 2 aromatic rings. The van der Waals surface area contributed by atoms with E-state index in [9.17, 15) is 9.59 Å². The van der Waals surface area contributed by atoms with E-state index in [2.05, 4.69) is 10.4 Å². The summed E-state index contributed by atoms with van der Waals surface area (Å²) in [6.07, 6.45) is 3.31. The molecule has 1 saturated heterocycles. The van der Waals surface area contributed by atoms with Crippen molar-refractivity contribution in [3.05, 3.63) is 41.7 Å². The smallest absolute Gasteiger partial charge is 0.274 e. The van der Waals surface area contributed by atoms with Gasteiger partial charge in [-0.05, 0) is 43.5 Å². The van der Waals surface area contributed by atoms with E-state index in [4.69, 9.17) is 10.5 Å². The highest BCUT2D eigenvalue weighted by molar-refractivity contribution is 5.93. The van der Waals surface area contributed by atoms with Crippen LogP contribution in [0, 0.1) is 12.8 Å². The summed E-state index contributed by atoms with van der Waals surface area (Å²) in [6, 6.07) is 7.49. The van der Waals surface area contributed by atoms with Crippen LogP contribution >= 0.6 is 12.4 Å². The molecule has 158 valence electrons. The lowest BCUT2D eigenvalue weighted by atomic mass is 9.97. The Bertz CT molecular complexity index is 854. The topological polar surface area (TPSA) is 102 Å². The van der Waals surface area contributed by atoms with Gasteiger partial charge < -0.3 is 20.7 Å². The molecule has 1 fully saturated rings. The summed E-state index contributed by atoms with van der Waals surface area (Å²) in [6.45, 7) is 3.87. The summed E-state index contributed by atoms with van der Waals surface area (Å²) in [5.41, 5.74) is 7.64. The molecule has 0 bridgehead atoms. The van der Waals surface area contributed by atoms with Gasteiger partial charge in [-0.25, -0.2) is 4.68 Å². The van der Waals surface area contributed by atoms with Crippen molar-refractivity contribution in [2.75, 3.05) is 33.3 Å². The van der Waals surface area contributed by atoms with Crippen LogP contribution in [0.1, 0.15) is 28.9 Å². The molecule has 1 aromatic heterocycles. The molecule has 8 nitrogen and oxygen atoms in total. The number of halogens is 1. The highest BCUT2D eigenvalue weighted by Gasteiger charge is 2.29. The van der Waals surface area contributed by atoms with Crippen LogP contribution in [0.2, 0.25) is 0 Å². The SMILES string of the molecule is COc1ccc(C)cc1-n1ccc(C(=O)N2CCCC(C(=O)NCCN)C2)n1.Cl. The number of ether oxygens (including phenoxy) is 1. The first-order valence-electron chi connectivity index (χ1n) is 9.51. The van der Waals surface area contributed by atoms with Gasteiger partial charge in [0.05, 0.1) is 13.0 Å². The molecule has 0 radical (unpaired) electrons. The summed E-state index contributed by atoms with van der Waals surface area (Å²) in [5, 5.41) is 7.26. The minimum atomic E-state index is -0.205. The van der Waals surface area contributed by atoms with Crippen LogP contribution in [-0.2, 0) is 4.79 Å². The second kappa shape index (κ2) is 10.3. The average Bonchev–Trinajstić information content (AvgIpc) is 3.21. The number of nitrogens with one attached hydrogen (secondary N) is 1. The molecule has 1 aromatic carbocycles. The third-order valence-electron chi connectivity index (χ3n) is 4.91. The normalized spacial score (nSPS) is 16.1. The summed E-state index contributed by atoms with van der Waals surface area (Å²) < 4.78 is 7.05. The van der Waals surface area contributed by atoms with E-state index in [1.807, 2.05) is 25.1 Å². The quantitative estimate of drug-likeness (QED) is 0.736. The van der Waals surface area contributed by atoms with E-state index in [0.29, 0.717) is 37.6 Å². The predicted molar refractivity (Wildman–Crippen MR) is 113 cm³/mol. The minimum Gasteiger partial charge on any atom is -0.494 e. The Labute approximate surface area is 176 Å². The van der Waals surface area contributed by atoms with Gasteiger partial charge in [0.15, 0.2) is 5.69 Å². The van der Waals surface area contributed by atoms with Crippen molar-refractivity contribution in [2.45, 2.75) is 19.8 Å². The number of nitrogens with zero attached hydrogens (tertiary/aromatic N) is 3. The molecule has 3 rings (SSSR count). The highest BCUT2D eigenvalue weighted by Crippen LogP contribution is 2.24. The summed E-state index contributed by atoms with van der Waals surface area (Å²) >= 11 is 0. The number of rotatable bonds is 6. The number of hydrogen-bond donors (Lipinski definition) is 2. The maximum Gasteiger partial charge on any atom is 0.274 e. The Balaban J connectivity index is 0.00000300. The first-order valence-corrected chi connectivity index (χ1v) is 9.51. The molecule has 3 N–H and O–H groups in total. The van der Waals surface area contributed by atoms with Gasteiger partial charge in [0.1, 0.15) is 11.4 Å². The lowest BCUT2D eigenvalue weighted by Crippen LogP contribution is -2.46. The van der Waals surface area contributed by atoms with Crippen LogP contribution in [-0.4, -0.2) is 59.8 Å². The van der Waals surface area contributed by atoms with E-state index in [-0.39, 0.29) is 30.1 Å². The minimum absolute atomic E-state index is 0. The number of carbonyl (C=O) groups is 2. The fourth-order valence-corrected chi connectivity index (χ4v) is 3.43. The van der Waals surface area contributed by atoms with Gasteiger partial charge in [0.25, 0.3) is 5.91 Å². The van der Waals surface area contributed by atoms with Crippen molar-refractivity contribution in [1.29, 1.82) is 0 Å². The third kappa shape index (κ3) is 5.27. The third-order valence-corrected chi connectivity index (χ3v) is 4.91. The zero-order chi connectivity index (χ0) is 20.1. The van der Waals surface area contributed by atoms with Gasteiger partial charge in [-0.3, -0.25) is 9.59 Å². The van der Waals surface area contributed by atoms with Gasteiger partial charge in [0, 0.05) is 32.4 Å². The van der Waals surface area contributed by atoms with E-state index in [1.54, 1.807) is 29.0 Å². The van der Waals surface area contributed by atoms with Crippen molar-refractivity contribution >= 4 is 24.2 Å². The molecule has 1 atom stereocenters. The van der Waals surface area contributed by atoms with Crippen LogP contribution in [0.25, 0.3) is 5.69 Å². The number of aromatic nitrogens is 2. The molecule has 9 heteroatoms. The average molecular weight is 422 g/mol. The standard InChI is InChI=1S/C20H27N5O3.ClH/c1-14-5-6-18(28-2)17(12-14)25-11-7-16(23-25)20(27)24-10-3-4-15(13-24)19(26)22-9-8-21;/h5-7,11-12,15H,3-4,8-10,13,21H2,1-2H3,(H,22,26);1H. The number of aryl methyl sites for hydroxylation is 1. The van der Waals surface area contributed by atoms with Gasteiger partial charge >= 0.3 is 0 Å². The Kier molecular flexibility index (Phi) is 8.04. The molecule has 0 spiro atoms. The van der Waals surface area contributed by atoms with Crippen LogP contribution < -0.4 is 15.8 Å². The zero-order valence-corrected chi connectivity index (χ0v) is 17.6.